The van der Waals surface area contributed by atoms with Crippen LogP contribution in [-0.2, 0) is 11.3 Å². The van der Waals surface area contributed by atoms with Crippen molar-refractivity contribution in [2.75, 3.05) is 6.54 Å². The summed E-state index contributed by atoms with van der Waals surface area (Å²) in [6.07, 6.45) is 0.0526. The maximum Gasteiger partial charge on any atom is 0.304 e. The molecule has 0 aliphatic rings. The molecule has 4 N–H and O–H groups in total. The van der Waals surface area contributed by atoms with Gasteiger partial charge in [0, 0.05) is 23.7 Å². The van der Waals surface area contributed by atoms with Crippen LogP contribution in [0.15, 0.2) is 18.2 Å². The van der Waals surface area contributed by atoms with Gasteiger partial charge in [-0.25, -0.2) is 0 Å². The van der Waals surface area contributed by atoms with Gasteiger partial charge in [0.1, 0.15) is 0 Å². The smallest absolute Gasteiger partial charge is 0.304 e. The van der Waals surface area contributed by atoms with Gasteiger partial charge >= 0.3 is 5.97 Å². The Balaban J connectivity index is 2.54. The summed E-state index contributed by atoms with van der Waals surface area (Å²) in [7, 11) is 0. The number of carboxylic acids is 1. The summed E-state index contributed by atoms with van der Waals surface area (Å²) in [5, 5.41) is 11.8. The Labute approximate surface area is 104 Å². The Morgan fingerprint density at radius 1 is 1.41 bits per heavy atom. The first-order chi connectivity index (χ1) is 8.00. The number of primary amides is 1. The van der Waals surface area contributed by atoms with Gasteiger partial charge < -0.3 is 16.2 Å². The minimum Gasteiger partial charge on any atom is -0.481 e. The molecular formula is C11H13ClN2O3. The molecule has 0 bridgehead atoms. The molecule has 1 aromatic rings. The van der Waals surface area contributed by atoms with Crippen LogP contribution >= 0.6 is 11.6 Å². The lowest BCUT2D eigenvalue weighted by atomic mass is 10.1. The molecule has 6 heteroatoms. The fourth-order valence-corrected chi connectivity index (χ4v) is 1.51. The number of nitrogens with one attached hydrogen (secondary N) is 1. The normalized spacial score (nSPS) is 10.2. The van der Waals surface area contributed by atoms with E-state index in [1.165, 1.54) is 6.07 Å². The van der Waals surface area contributed by atoms with Gasteiger partial charge in [-0.15, -0.1) is 0 Å². The lowest BCUT2D eigenvalue weighted by Crippen LogP contribution is -2.18. The topological polar surface area (TPSA) is 92.4 Å². The van der Waals surface area contributed by atoms with E-state index in [1.807, 2.05) is 0 Å². The molecule has 17 heavy (non-hydrogen) atoms. The van der Waals surface area contributed by atoms with Crippen molar-refractivity contribution in [1.82, 2.24) is 5.32 Å². The van der Waals surface area contributed by atoms with Gasteiger partial charge in [-0.05, 0) is 17.7 Å². The highest BCUT2D eigenvalue weighted by molar-refractivity contribution is 6.31. The van der Waals surface area contributed by atoms with Gasteiger partial charge in [0.05, 0.1) is 6.42 Å². The van der Waals surface area contributed by atoms with Crippen LogP contribution in [0.2, 0.25) is 5.02 Å². The van der Waals surface area contributed by atoms with E-state index in [1.54, 1.807) is 12.1 Å². The highest BCUT2D eigenvalue weighted by Crippen LogP contribution is 2.17. The van der Waals surface area contributed by atoms with Crippen LogP contribution in [0.5, 0.6) is 0 Å². The predicted molar refractivity (Wildman–Crippen MR) is 63.9 cm³/mol. The van der Waals surface area contributed by atoms with Gasteiger partial charge in [0.2, 0.25) is 5.91 Å². The number of nitrogens with two attached hydrogens (primary N) is 1. The summed E-state index contributed by atoms with van der Waals surface area (Å²) in [6, 6.07) is 4.77. The molecule has 0 atom stereocenters. The summed E-state index contributed by atoms with van der Waals surface area (Å²) in [4.78, 5) is 21.2. The quantitative estimate of drug-likeness (QED) is 0.662. The van der Waals surface area contributed by atoms with Crippen LogP contribution in [0.3, 0.4) is 0 Å². The molecule has 0 saturated heterocycles. The van der Waals surface area contributed by atoms with Crippen LogP contribution in [-0.4, -0.2) is 23.5 Å². The van der Waals surface area contributed by atoms with Crippen LogP contribution in [0.25, 0.3) is 0 Å². The summed E-state index contributed by atoms with van der Waals surface area (Å²) in [6.45, 7) is 0.814. The third-order valence-corrected chi connectivity index (χ3v) is 2.52. The second-order valence-corrected chi connectivity index (χ2v) is 3.90. The van der Waals surface area contributed by atoms with Crippen molar-refractivity contribution in [3.63, 3.8) is 0 Å². The number of benzene rings is 1. The second-order valence-electron chi connectivity index (χ2n) is 3.49. The van der Waals surface area contributed by atoms with Crippen molar-refractivity contribution in [2.45, 2.75) is 13.0 Å². The van der Waals surface area contributed by atoms with E-state index >= 15 is 0 Å². The third kappa shape index (κ3) is 4.42. The number of carbonyl (C=O) groups excluding carboxylic acids is 1. The van der Waals surface area contributed by atoms with Crippen LogP contribution in [0, 0.1) is 0 Å². The maximum atomic E-state index is 10.9. The summed E-state index contributed by atoms with van der Waals surface area (Å²) < 4.78 is 0. The first kappa shape index (κ1) is 13.5. The number of halogens is 1. The molecule has 0 saturated carbocycles. The Morgan fingerprint density at radius 2 is 2.12 bits per heavy atom. The molecule has 0 fully saturated rings. The zero-order valence-corrected chi connectivity index (χ0v) is 9.83. The number of amides is 1. The zero-order valence-electron chi connectivity index (χ0n) is 9.07. The minimum absolute atomic E-state index is 0.0526. The van der Waals surface area contributed by atoms with Crippen molar-refractivity contribution in [3.8, 4) is 0 Å². The van der Waals surface area contributed by atoms with E-state index in [0.29, 0.717) is 23.7 Å². The van der Waals surface area contributed by atoms with Crippen molar-refractivity contribution in [2.24, 2.45) is 5.73 Å². The molecular weight excluding hydrogens is 244 g/mol. The second kappa shape index (κ2) is 6.22. The molecule has 92 valence electrons. The fraction of sp³-hybridized carbons (Fsp3) is 0.273. The molecule has 0 radical (unpaired) electrons. The molecule has 0 aliphatic heterocycles. The number of rotatable bonds is 6. The van der Waals surface area contributed by atoms with Crippen LogP contribution in [0.4, 0.5) is 0 Å². The van der Waals surface area contributed by atoms with E-state index in [0.717, 1.165) is 5.56 Å². The molecule has 0 spiro atoms. The molecule has 1 aromatic carbocycles. The SMILES string of the molecule is NC(=O)c1ccc(CNCCC(=O)O)c(Cl)c1. The van der Waals surface area contributed by atoms with E-state index in [9.17, 15) is 9.59 Å². The van der Waals surface area contributed by atoms with Crippen molar-refractivity contribution >= 4 is 23.5 Å². The highest BCUT2D eigenvalue weighted by Gasteiger charge is 2.05. The Kier molecular flexibility index (Phi) is 4.93. The molecule has 1 amide bonds. The molecule has 0 aliphatic carbocycles. The van der Waals surface area contributed by atoms with Gasteiger partial charge in [-0.2, -0.15) is 0 Å². The molecule has 0 heterocycles. The van der Waals surface area contributed by atoms with Gasteiger partial charge in [0.15, 0.2) is 0 Å². The number of hydrogen-bond donors (Lipinski definition) is 3. The van der Waals surface area contributed by atoms with Gasteiger partial charge in [-0.1, -0.05) is 17.7 Å². The standard InChI is InChI=1S/C11H13ClN2O3/c12-9-5-7(11(13)17)1-2-8(9)6-14-4-3-10(15)16/h1-2,5,14H,3-4,6H2,(H2,13,17)(H,15,16). The largest absolute Gasteiger partial charge is 0.481 e. The number of aliphatic carboxylic acids is 1. The lowest BCUT2D eigenvalue weighted by Gasteiger charge is -2.06. The van der Waals surface area contributed by atoms with E-state index < -0.39 is 11.9 Å². The first-order valence-corrected chi connectivity index (χ1v) is 5.39. The maximum absolute atomic E-state index is 10.9. The van der Waals surface area contributed by atoms with Crippen molar-refractivity contribution in [1.29, 1.82) is 0 Å². The Morgan fingerprint density at radius 3 is 2.65 bits per heavy atom. The average Bonchev–Trinajstić information content (AvgIpc) is 2.25. The Bertz CT molecular complexity index is 435. The van der Waals surface area contributed by atoms with Crippen molar-refractivity contribution in [3.05, 3.63) is 34.3 Å². The van der Waals surface area contributed by atoms with E-state index in [2.05, 4.69) is 5.32 Å². The van der Waals surface area contributed by atoms with E-state index in [4.69, 9.17) is 22.4 Å². The van der Waals surface area contributed by atoms with Gasteiger partial charge in [-0.3, -0.25) is 9.59 Å². The summed E-state index contributed by atoms with van der Waals surface area (Å²) in [5.74, 6) is -1.38. The minimum atomic E-state index is -0.854. The Hall–Kier alpha value is -1.59. The van der Waals surface area contributed by atoms with Crippen molar-refractivity contribution < 1.29 is 14.7 Å². The third-order valence-electron chi connectivity index (χ3n) is 2.17. The van der Waals surface area contributed by atoms with E-state index in [-0.39, 0.29) is 6.42 Å². The van der Waals surface area contributed by atoms with Crippen LogP contribution in [0.1, 0.15) is 22.3 Å². The zero-order chi connectivity index (χ0) is 12.8. The predicted octanol–water partition coefficient (Wildman–Crippen LogP) is 1.00. The molecule has 5 nitrogen and oxygen atoms in total. The first-order valence-electron chi connectivity index (χ1n) is 5.01. The average molecular weight is 257 g/mol. The van der Waals surface area contributed by atoms with Crippen LogP contribution < -0.4 is 11.1 Å². The van der Waals surface area contributed by atoms with Gasteiger partial charge in [0.25, 0.3) is 0 Å². The number of hydrogen-bond acceptors (Lipinski definition) is 3. The lowest BCUT2D eigenvalue weighted by molar-refractivity contribution is -0.136. The highest BCUT2D eigenvalue weighted by atomic mass is 35.5. The fourth-order valence-electron chi connectivity index (χ4n) is 1.26. The number of carboxylic acid groups (broad SMARTS) is 1. The molecule has 1 rings (SSSR count). The molecule has 0 aromatic heterocycles. The monoisotopic (exact) mass is 256 g/mol. The molecule has 0 unspecified atom stereocenters. The summed E-state index contributed by atoms with van der Waals surface area (Å²) >= 11 is 5.95. The number of carbonyl (C=O) groups is 2. The summed E-state index contributed by atoms with van der Waals surface area (Å²) in [5.41, 5.74) is 6.25.